The second-order valence-corrected chi connectivity index (χ2v) is 7.02. The van der Waals surface area contributed by atoms with Crippen molar-refractivity contribution in [3.05, 3.63) is 27.5 Å². The van der Waals surface area contributed by atoms with Gasteiger partial charge in [-0.05, 0) is 53.6 Å². The van der Waals surface area contributed by atoms with Crippen LogP contribution in [0.2, 0.25) is 5.15 Å². The second-order valence-electron chi connectivity index (χ2n) is 5.74. The number of piperidine rings is 1. The summed E-state index contributed by atoms with van der Waals surface area (Å²) in [4.78, 5) is 18.9. The van der Waals surface area contributed by atoms with E-state index in [1.54, 1.807) is 12.3 Å². The topological polar surface area (TPSA) is 33.2 Å². The lowest BCUT2D eigenvalue weighted by Gasteiger charge is -2.44. The lowest BCUT2D eigenvalue weighted by Crippen LogP contribution is -2.49. The SMILES string of the molecule is O=C(c1cc(Br)cnc1Cl)N1CCCC2CCCCC21. The van der Waals surface area contributed by atoms with Gasteiger partial charge in [0.25, 0.3) is 5.91 Å². The molecular formula is C15H18BrClN2O. The van der Waals surface area contributed by atoms with E-state index in [1.807, 2.05) is 4.90 Å². The van der Waals surface area contributed by atoms with E-state index >= 15 is 0 Å². The Bertz CT molecular complexity index is 521. The summed E-state index contributed by atoms with van der Waals surface area (Å²) in [6.45, 7) is 0.850. The van der Waals surface area contributed by atoms with Crippen LogP contribution in [0.3, 0.4) is 0 Å². The number of carbonyl (C=O) groups excluding carboxylic acids is 1. The fourth-order valence-corrected chi connectivity index (χ4v) is 4.12. The fraction of sp³-hybridized carbons (Fsp3) is 0.600. The number of rotatable bonds is 1. The number of hydrogen-bond acceptors (Lipinski definition) is 2. The first-order valence-electron chi connectivity index (χ1n) is 7.29. The first kappa shape index (κ1) is 14.3. The molecule has 3 nitrogen and oxygen atoms in total. The highest BCUT2D eigenvalue weighted by molar-refractivity contribution is 9.10. The molecular weight excluding hydrogens is 340 g/mol. The number of likely N-dealkylation sites (tertiary alicyclic amines) is 1. The molecule has 20 heavy (non-hydrogen) atoms. The molecule has 1 amide bonds. The smallest absolute Gasteiger partial charge is 0.257 e. The van der Waals surface area contributed by atoms with E-state index in [1.165, 1.54) is 25.7 Å². The Morgan fingerprint density at radius 1 is 1.30 bits per heavy atom. The van der Waals surface area contributed by atoms with Gasteiger partial charge in [-0.1, -0.05) is 24.4 Å². The maximum absolute atomic E-state index is 12.8. The van der Waals surface area contributed by atoms with Crippen molar-refractivity contribution in [2.24, 2.45) is 5.92 Å². The summed E-state index contributed by atoms with van der Waals surface area (Å²) in [7, 11) is 0. The Hall–Kier alpha value is -0.610. The molecule has 0 aromatic carbocycles. The maximum Gasteiger partial charge on any atom is 0.257 e. The van der Waals surface area contributed by atoms with Crippen LogP contribution in [0.4, 0.5) is 0 Å². The molecule has 0 N–H and O–H groups in total. The quantitative estimate of drug-likeness (QED) is 0.702. The molecule has 2 fully saturated rings. The zero-order valence-electron chi connectivity index (χ0n) is 11.3. The number of carbonyl (C=O) groups is 1. The number of aromatic nitrogens is 1. The average molecular weight is 358 g/mol. The molecule has 2 heterocycles. The van der Waals surface area contributed by atoms with Crippen LogP contribution in [-0.4, -0.2) is 28.4 Å². The predicted molar refractivity (Wildman–Crippen MR) is 83.0 cm³/mol. The van der Waals surface area contributed by atoms with Crippen LogP contribution in [0.1, 0.15) is 48.9 Å². The average Bonchev–Trinajstić information content (AvgIpc) is 2.48. The highest BCUT2D eigenvalue weighted by Gasteiger charge is 2.36. The molecule has 1 saturated heterocycles. The fourth-order valence-electron chi connectivity index (χ4n) is 3.60. The van der Waals surface area contributed by atoms with Gasteiger partial charge in [0.05, 0.1) is 5.56 Å². The van der Waals surface area contributed by atoms with Gasteiger partial charge in [-0.3, -0.25) is 4.79 Å². The molecule has 2 unspecified atom stereocenters. The number of pyridine rings is 1. The first-order valence-corrected chi connectivity index (χ1v) is 8.46. The van der Waals surface area contributed by atoms with E-state index < -0.39 is 0 Å². The van der Waals surface area contributed by atoms with Crippen molar-refractivity contribution in [2.45, 2.75) is 44.6 Å². The number of amides is 1. The summed E-state index contributed by atoms with van der Waals surface area (Å²) in [5.41, 5.74) is 0.521. The monoisotopic (exact) mass is 356 g/mol. The van der Waals surface area contributed by atoms with E-state index in [0.29, 0.717) is 22.7 Å². The van der Waals surface area contributed by atoms with Gasteiger partial charge in [-0.25, -0.2) is 4.98 Å². The van der Waals surface area contributed by atoms with Gasteiger partial charge in [0.15, 0.2) is 0 Å². The molecule has 1 saturated carbocycles. The van der Waals surface area contributed by atoms with Crippen LogP contribution in [0, 0.1) is 5.92 Å². The highest BCUT2D eigenvalue weighted by Crippen LogP contribution is 2.36. The van der Waals surface area contributed by atoms with Crippen LogP contribution in [0.25, 0.3) is 0 Å². The third-order valence-corrected chi connectivity index (χ3v) is 5.28. The van der Waals surface area contributed by atoms with E-state index in [0.717, 1.165) is 23.9 Å². The minimum atomic E-state index is 0.0420. The number of nitrogens with zero attached hydrogens (tertiary/aromatic N) is 2. The van der Waals surface area contributed by atoms with Crippen LogP contribution < -0.4 is 0 Å². The molecule has 0 spiro atoms. The van der Waals surface area contributed by atoms with Crippen molar-refractivity contribution in [3.63, 3.8) is 0 Å². The highest BCUT2D eigenvalue weighted by atomic mass is 79.9. The van der Waals surface area contributed by atoms with Crippen LogP contribution in [0.15, 0.2) is 16.7 Å². The summed E-state index contributed by atoms with van der Waals surface area (Å²) < 4.78 is 0.794. The molecule has 0 bridgehead atoms. The van der Waals surface area contributed by atoms with Gasteiger partial charge >= 0.3 is 0 Å². The molecule has 1 aliphatic heterocycles. The Balaban J connectivity index is 1.87. The number of hydrogen-bond donors (Lipinski definition) is 0. The lowest BCUT2D eigenvalue weighted by atomic mass is 9.78. The van der Waals surface area contributed by atoms with Crippen LogP contribution >= 0.6 is 27.5 Å². The maximum atomic E-state index is 12.8. The Morgan fingerprint density at radius 3 is 2.90 bits per heavy atom. The van der Waals surface area contributed by atoms with Crippen molar-refractivity contribution >= 4 is 33.4 Å². The standard InChI is InChI=1S/C15H18BrClN2O/c16-11-8-12(14(17)18-9-11)15(20)19-7-3-5-10-4-1-2-6-13(10)19/h8-10,13H,1-7H2. The molecule has 108 valence electrons. The van der Waals surface area contributed by atoms with Gasteiger partial charge in [0, 0.05) is 23.3 Å². The normalized spacial score (nSPS) is 26.2. The first-order chi connectivity index (χ1) is 9.66. The van der Waals surface area contributed by atoms with E-state index in [2.05, 4.69) is 20.9 Å². The predicted octanol–water partition coefficient (Wildman–Crippen LogP) is 4.29. The minimum Gasteiger partial charge on any atom is -0.335 e. The summed E-state index contributed by atoms with van der Waals surface area (Å²) >= 11 is 9.47. The van der Waals surface area contributed by atoms with Gasteiger partial charge in [0.2, 0.25) is 0 Å². The molecule has 5 heteroatoms. The zero-order chi connectivity index (χ0) is 14.1. The third kappa shape index (κ3) is 2.73. The van der Waals surface area contributed by atoms with Crippen LogP contribution in [0.5, 0.6) is 0 Å². The number of halogens is 2. The van der Waals surface area contributed by atoms with Crippen molar-refractivity contribution in [3.8, 4) is 0 Å². The third-order valence-electron chi connectivity index (χ3n) is 4.54. The summed E-state index contributed by atoms with van der Waals surface area (Å²) in [5.74, 6) is 0.723. The molecule has 0 radical (unpaired) electrons. The van der Waals surface area contributed by atoms with Crippen molar-refractivity contribution in [2.75, 3.05) is 6.54 Å². The molecule has 1 aromatic heterocycles. The lowest BCUT2D eigenvalue weighted by molar-refractivity contribution is 0.0390. The van der Waals surface area contributed by atoms with E-state index in [9.17, 15) is 4.79 Å². The van der Waals surface area contributed by atoms with Crippen molar-refractivity contribution < 1.29 is 4.79 Å². The van der Waals surface area contributed by atoms with Gasteiger partial charge in [-0.2, -0.15) is 0 Å². The van der Waals surface area contributed by atoms with Crippen LogP contribution in [-0.2, 0) is 0 Å². The van der Waals surface area contributed by atoms with Crippen molar-refractivity contribution in [1.29, 1.82) is 0 Å². The second kappa shape index (κ2) is 6.02. The summed E-state index contributed by atoms with van der Waals surface area (Å²) in [5, 5.41) is 0.302. The van der Waals surface area contributed by atoms with Crippen molar-refractivity contribution in [1.82, 2.24) is 9.88 Å². The minimum absolute atomic E-state index is 0.0420. The summed E-state index contributed by atoms with van der Waals surface area (Å²) in [6.07, 6.45) is 8.93. The summed E-state index contributed by atoms with van der Waals surface area (Å²) in [6, 6.07) is 2.18. The molecule has 1 aromatic rings. The Labute approximate surface area is 132 Å². The molecule has 1 aliphatic carbocycles. The molecule has 3 rings (SSSR count). The Morgan fingerprint density at radius 2 is 2.05 bits per heavy atom. The largest absolute Gasteiger partial charge is 0.335 e. The molecule has 2 aliphatic rings. The molecule has 2 atom stereocenters. The number of fused-ring (bicyclic) bond motifs is 1. The Kier molecular flexibility index (Phi) is 4.32. The zero-order valence-corrected chi connectivity index (χ0v) is 13.7. The van der Waals surface area contributed by atoms with E-state index in [-0.39, 0.29) is 5.91 Å². The van der Waals surface area contributed by atoms with Gasteiger partial charge in [0.1, 0.15) is 5.15 Å². The van der Waals surface area contributed by atoms with E-state index in [4.69, 9.17) is 11.6 Å². The van der Waals surface area contributed by atoms with Gasteiger partial charge < -0.3 is 4.90 Å². The van der Waals surface area contributed by atoms with Gasteiger partial charge in [-0.15, -0.1) is 0 Å².